The number of carboxylic acids is 1. The summed E-state index contributed by atoms with van der Waals surface area (Å²) in [5, 5.41) is 15.3. The SMILES string of the molecule is N#C[13CH2][13C](=O)O. The van der Waals surface area contributed by atoms with Gasteiger partial charge in [-0.25, -0.2) is 0 Å². The second kappa shape index (κ2) is 2.21. The maximum atomic E-state index is 9.38. The standard InChI is InChI=1S/C3H3NO2/c4-2-1-3(5)6/h1H2,(H,5,6)/i1+1,3+1. The highest BCUT2D eigenvalue weighted by Crippen LogP contribution is 1.68. The predicted octanol–water partition coefficient (Wildman–Crippen LogP) is -0.0153. The summed E-state index contributed by atoms with van der Waals surface area (Å²) in [5.74, 6) is -1.07. The minimum absolute atomic E-state index is 0.403. The highest BCUT2D eigenvalue weighted by Gasteiger charge is 1.87. The molecule has 0 amide bonds. The van der Waals surface area contributed by atoms with Crippen LogP contribution < -0.4 is 0 Å². The van der Waals surface area contributed by atoms with Crippen molar-refractivity contribution in [3.63, 3.8) is 0 Å². The van der Waals surface area contributed by atoms with E-state index in [1.807, 2.05) is 0 Å². The number of aliphatic carboxylic acids is 1. The average molecular weight is 87.0 g/mol. The molecule has 0 heterocycles. The number of hydrogen-bond donors (Lipinski definition) is 1. The van der Waals surface area contributed by atoms with Crippen molar-refractivity contribution in [1.29, 1.82) is 5.26 Å². The van der Waals surface area contributed by atoms with E-state index >= 15 is 0 Å². The lowest BCUT2D eigenvalue weighted by atomic mass is 11.1. The molecule has 0 atom stereocenters. The van der Waals surface area contributed by atoms with Gasteiger partial charge >= 0.3 is 5.97 Å². The smallest absolute Gasteiger partial charge is 0.317 e. The van der Waals surface area contributed by atoms with Gasteiger partial charge in [-0.05, 0) is 0 Å². The van der Waals surface area contributed by atoms with Gasteiger partial charge in [0.2, 0.25) is 0 Å². The minimum Gasteiger partial charge on any atom is -0.480 e. The number of nitriles is 1. The fraction of sp³-hybridized carbons (Fsp3) is 0.333. The van der Waals surface area contributed by atoms with E-state index in [0.717, 1.165) is 0 Å². The Hall–Kier alpha value is -1.04. The first kappa shape index (κ1) is 4.96. The highest BCUT2D eigenvalue weighted by atomic mass is 16.5. The molecule has 0 aliphatic rings. The van der Waals surface area contributed by atoms with Crippen LogP contribution in [0, 0.1) is 11.3 Å². The molecule has 0 aliphatic heterocycles. The van der Waals surface area contributed by atoms with Crippen LogP contribution in [-0.2, 0) is 4.79 Å². The summed E-state index contributed by atoms with van der Waals surface area (Å²) < 4.78 is 0. The van der Waals surface area contributed by atoms with Crippen molar-refractivity contribution in [3.8, 4) is 6.07 Å². The second-order valence-corrected chi connectivity index (χ2v) is 0.729. The number of carbonyl (C=O) groups is 1. The predicted molar refractivity (Wildman–Crippen MR) is 17.9 cm³/mol. The molecule has 0 saturated carbocycles. The van der Waals surface area contributed by atoms with Crippen LogP contribution in [0.25, 0.3) is 0 Å². The molecule has 0 rings (SSSR count). The Morgan fingerprint density at radius 3 is 2.50 bits per heavy atom. The molecule has 0 aromatic rings. The lowest BCUT2D eigenvalue weighted by molar-refractivity contribution is -0.135. The van der Waals surface area contributed by atoms with Crippen LogP contribution in [0.3, 0.4) is 0 Å². The van der Waals surface area contributed by atoms with E-state index in [1.54, 1.807) is 0 Å². The van der Waals surface area contributed by atoms with Gasteiger partial charge < -0.3 is 5.11 Å². The van der Waals surface area contributed by atoms with Crippen LogP contribution in [0.1, 0.15) is 6.42 Å². The summed E-state index contributed by atoms with van der Waals surface area (Å²) in [6, 6.07) is 1.47. The molecular weight excluding hydrogens is 84.0 g/mol. The molecule has 3 nitrogen and oxygen atoms in total. The summed E-state index contributed by atoms with van der Waals surface area (Å²) in [4.78, 5) is 9.38. The fourth-order valence-corrected chi connectivity index (χ4v) is 0.0676. The molecule has 0 unspecified atom stereocenters. The van der Waals surface area contributed by atoms with Crippen molar-refractivity contribution < 1.29 is 9.90 Å². The zero-order valence-electron chi connectivity index (χ0n) is 3.01. The molecule has 0 aromatic carbocycles. The van der Waals surface area contributed by atoms with E-state index in [4.69, 9.17) is 10.4 Å². The lowest BCUT2D eigenvalue weighted by Crippen LogP contribution is -1.88. The van der Waals surface area contributed by atoms with Crippen molar-refractivity contribution in [2.24, 2.45) is 0 Å². The highest BCUT2D eigenvalue weighted by molar-refractivity contribution is 5.69. The van der Waals surface area contributed by atoms with Crippen molar-refractivity contribution in [2.45, 2.75) is 6.42 Å². The van der Waals surface area contributed by atoms with Crippen LogP contribution in [0.4, 0.5) is 0 Å². The van der Waals surface area contributed by atoms with Crippen LogP contribution in [-0.4, -0.2) is 11.1 Å². The van der Waals surface area contributed by atoms with E-state index in [9.17, 15) is 4.79 Å². The first-order valence-corrected chi connectivity index (χ1v) is 1.36. The third kappa shape index (κ3) is 2.96. The maximum Gasteiger partial charge on any atom is 0.317 e. The summed E-state index contributed by atoms with van der Waals surface area (Å²) in [6.07, 6.45) is -0.403. The molecule has 6 heavy (non-hydrogen) atoms. The molecule has 0 radical (unpaired) electrons. The number of carboxylic acid groups (broad SMARTS) is 1. The van der Waals surface area contributed by atoms with Crippen LogP contribution in [0.5, 0.6) is 0 Å². The first-order chi connectivity index (χ1) is 2.77. The maximum absolute atomic E-state index is 9.38. The van der Waals surface area contributed by atoms with E-state index in [1.165, 1.54) is 6.07 Å². The van der Waals surface area contributed by atoms with Gasteiger partial charge in [-0.3, -0.25) is 4.79 Å². The molecule has 1 N–H and O–H groups in total. The Bertz CT molecular complexity index is 91.5. The molecule has 0 bridgehead atoms. The van der Waals surface area contributed by atoms with Crippen LogP contribution in [0.15, 0.2) is 0 Å². The Kier molecular flexibility index (Phi) is 1.83. The fourth-order valence-electron chi connectivity index (χ4n) is 0.0676. The Morgan fingerprint density at radius 2 is 2.50 bits per heavy atom. The number of rotatable bonds is 1. The molecule has 0 aromatic heterocycles. The summed E-state index contributed by atoms with van der Waals surface area (Å²) in [7, 11) is 0. The van der Waals surface area contributed by atoms with Gasteiger partial charge in [0.15, 0.2) is 0 Å². The second-order valence-electron chi connectivity index (χ2n) is 0.729. The quantitative estimate of drug-likeness (QED) is 0.457. The summed E-state index contributed by atoms with van der Waals surface area (Å²) >= 11 is 0. The van der Waals surface area contributed by atoms with Gasteiger partial charge in [0.05, 0.1) is 6.07 Å². The molecule has 3 heteroatoms. The summed E-state index contributed by atoms with van der Waals surface area (Å²) in [6.45, 7) is 0. The van der Waals surface area contributed by atoms with E-state index in [0.29, 0.717) is 0 Å². The minimum atomic E-state index is -1.07. The zero-order valence-corrected chi connectivity index (χ0v) is 3.01. The molecule has 0 spiro atoms. The Morgan fingerprint density at radius 1 is 2.00 bits per heavy atom. The topological polar surface area (TPSA) is 61.1 Å². The lowest BCUT2D eigenvalue weighted by Gasteiger charge is -1.70. The Balaban J connectivity index is 3.13. The molecule has 0 saturated heterocycles. The monoisotopic (exact) mass is 87.0 g/mol. The molecule has 0 aliphatic carbocycles. The van der Waals surface area contributed by atoms with Crippen molar-refractivity contribution in [2.75, 3.05) is 0 Å². The average Bonchev–Trinajstić information content (AvgIpc) is 1.35. The van der Waals surface area contributed by atoms with E-state index in [2.05, 4.69) is 0 Å². The normalized spacial score (nSPS) is 6.50. The van der Waals surface area contributed by atoms with Gasteiger partial charge in [-0.15, -0.1) is 0 Å². The Labute approximate surface area is 34.8 Å². The molecule has 0 fully saturated rings. The molecule has 32 valence electrons. The van der Waals surface area contributed by atoms with Crippen molar-refractivity contribution >= 4 is 5.97 Å². The number of nitrogens with zero attached hydrogens (tertiary/aromatic N) is 1. The first-order valence-electron chi connectivity index (χ1n) is 1.36. The third-order valence-electron chi connectivity index (χ3n) is 0.230. The van der Waals surface area contributed by atoms with Gasteiger partial charge in [0, 0.05) is 0 Å². The third-order valence-corrected chi connectivity index (χ3v) is 0.230. The van der Waals surface area contributed by atoms with E-state index in [-0.39, 0.29) is 0 Å². The van der Waals surface area contributed by atoms with Crippen molar-refractivity contribution in [1.82, 2.24) is 0 Å². The van der Waals surface area contributed by atoms with Gasteiger partial charge in [-0.1, -0.05) is 0 Å². The van der Waals surface area contributed by atoms with E-state index < -0.39 is 12.4 Å². The van der Waals surface area contributed by atoms with Crippen molar-refractivity contribution in [3.05, 3.63) is 0 Å². The largest absolute Gasteiger partial charge is 0.480 e. The number of hydrogen-bond acceptors (Lipinski definition) is 2. The van der Waals surface area contributed by atoms with Gasteiger partial charge in [-0.2, -0.15) is 5.26 Å². The summed E-state index contributed by atoms with van der Waals surface area (Å²) in [5.41, 5.74) is 0. The van der Waals surface area contributed by atoms with Gasteiger partial charge in [0.25, 0.3) is 0 Å². The van der Waals surface area contributed by atoms with Crippen LogP contribution in [0.2, 0.25) is 0 Å². The zero-order chi connectivity index (χ0) is 4.99. The van der Waals surface area contributed by atoms with Gasteiger partial charge in [0.1, 0.15) is 6.42 Å². The van der Waals surface area contributed by atoms with Crippen LogP contribution >= 0.6 is 0 Å². The molecular formula is C3H3NO2.